The summed E-state index contributed by atoms with van der Waals surface area (Å²) in [5.41, 5.74) is 1.17. The van der Waals surface area contributed by atoms with Crippen LogP contribution in [0.3, 0.4) is 0 Å². The molecular weight excluding hydrogens is 250 g/mol. The maximum absolute atomic E-state index is 3.76. The average molecular weight is 274 g/mol. The Morgan fingerprint density at radius 2 is 1.93 bits per heavy atom. The van der Waals surface area contributed by atoms with Crippen LogP contribution in [0.2, 0.25) is 0 Å². The van der Waals surface area contributed by atoms with E-state index >= 15 is 0 Å². The van der Waals surface area contributed by atoms with E-state index in [1.54, 1.807) is 0 Å². The first-order valence-corrected chi connectivity index (χ1v) is 5.94. The molecule has 2 bridgehead atoms. The van der Waals surface area contributed by atoms with Crippen LogP contribution in [0.15, 0.2) is 12.7 Å². The molecule has 2 saturated carbocycles. The van der Waals surface area contributed by atoms with Crippen LogP contribution >= 0.6 is 17.0 Å². The Bertz CT molecular complexity index is 227. The second-order valence-electron chi connectivity index (χ2n) is 5.70. The molecule has 1 nitrogen and oxygen atoms in total. The van der Waals surface area contributed by atoms with Gasteiger partial charge >= 0.3 is 0 Å². The lowest BCUT2D eigenvalue weighted by Crippen LogP contribution is -2.40. The molecule has 0 aliphatic heterocycles. The van der Waals surface area contributed by atoms with Crippen LogP contribution in [0.5, 0.6) is 0 Å². The van der Waals surface area contributed by atoms with Gasteiger partial charge in [-0.2, -0.15) is 0 Å². The summed E-state index contributed by atoms with van der Waals surface area (Å²) in [5.74, 6) is 0.994. The molecule has 88 valence electrons. The topological polar surface area (TPSA) is 12.0 Å². The molecule has 15 heavy (non-hydrogen) atoms. The molecule has 0 heterocycles. The monoisotopic (exact) mass is 273 g/mol. The third kappa shape index (κ3) is 1.91. The molecule has 1 N–H and O–H groups in total. The smallest absolute Gasteiger partial charge is 0.0132 e. The number of halogens is 1. The van der Waals surface area contributed by atoms with E-state index < -0.39 is 0 Å². The summed E-state index contributed by atoms with van der Waals surface area (Å²) in [5, 5.41) is 3.53. The second kappa shape index (κ2) is 4.58. The van der Waals surface area contributed by atoms with Gasteiger partial charge in [0.2, 0.25) is 0 Å². The van der Waals surface area contributed by atoms with Crippen molar-refractivity contribution in [2.75, 3.05) is 13.1 Å². The van der Waals surface area contributed by atoms with Crippen molar-refractivity contribution in [1.82, 2.24) is 5.32 Å². The maximum Gasteiger partial charge on any atom is 0.0132 e. The fourth-order valence-electron chi connectivity index (χ4n) is 3.79. The molecule has 2 aliphatic carbocycles. The van der Waals surface area contributed by atoms with Gasteiger partial charge in [0.15, 0.2) is 0 Å². The fourth-order valence-corrected chi connectivity index (χ4v) is 3.79. The second-order valence-corrected chi connectivity index (χ2v) is 5.70. The van der Waals surface area contributed by atoms with Crippen molar-refractivity contribution >= 4 is 17.0 Å². The van der Waals surface area contributed by atoms with Crippen molar-refractivity contribution in [2.45, 2.75) is 39.5 Å². The summed E-state index contributed by atoms with van der Waals surface area (Å²) in [4.78, 5) is 0. The highest BCUT2D eigenvalue weighted by Gasteiger charge is 2.58. The summed E-state index contributed by atoms with van der Waals surface area (Å²) < 4.78 is 0. The van der Waals surface area contributed by atoms with Crippen LogP contribution in [-0.2, 0) is 0 Å². The molecule has 0 amide bonds. The van der Waals surface area contributed by atoms with Gasteiger partial charge in [-0.05, 0) is 42.4 Å². The molecule has 0 aromatic carbocycles. The van der Waals surface area contributed by atoms with E-state index in [0.717, 1.165) is 12.5 Å². The molecule has 0 spiro atoms. The zero-order valence-electron chi connectivity index (χ0n) is 10.0. The van der Waals surface area contributed by atoms with Gasteiger partial charge in [0.05, 0.1) is 0 Å². The Kier molecular flexibility index (Phi) is 4.05. The minimum absolute atomic E-state index is 0. The van der Waals surface area contributed by atoms with Gasteiger partial charge in [0, 0.05) is 13.1 Å². The predicted octanol–water partition coefficient (Wildman–Crippen LogP) is 3.56. The maximum atomic E-state index is 3.76. The van der Waals surface area contributed by atoms with Crippen LogP contribution in [0.4, 0.5) is 0 Å². The minimum atomic E-state index is 0. The molecule has 2 aliphatic rings. The molecule has 0 aromatic heterocycles. The summed E-state index contributed by atoms with van der Waals surface area (Å²) in [6, 6.07) is 0. The number of hydrogen-bond acceptors (Lipinski definition) is 1. The van der Waals surface area contributed by atoms with Gasteiger partial charge < -0.3 is 5.32 Å². The Morgan fingerprint density at radius 3 is 2.33 bits per heavy atom. The van der Waals surface area contributed by atoms with Crippen molar-refractivity contribution in [3.8, 4) is 0 Å². The number of nitrogens with one attached hydrogen (secondary N) is 1. The van der Waals surface area contributed by atoms with Gasteiger partial charge in [-0.25, -0.2) is 0 Å². The number of fused-ring (bicyclic) bond motifs is 2. The van der Waals surface area contributed by atoms with Gasteiger partial charge in [-0.1, -0.05) is 19.9 Å². The Morgan fingerprint density at radius 1 is 1.33 bits per heavy atom. The lowest BCUT2D eigenvalue weighted by Gasteiger charge is -2.38. The predicted molar refractivity (Wildman–Crippen MR) is 71.6 cm³/mol. The summed E-state index contributed by atoms with van der Waals surface area (Å²) in [6.45, 7) is 10.9. The van der Waals surface area contributed by atoms with Gasteiger partial charge in [0.25, 0.3) is 0 Å². The Balaban J connectivity index is 0.00000112. The molecule has 2 rings (SSSR count). The average Bonchev–Trinajstić information content (AvgIpc) is 2.54. The molecule has 0 atom stereocenters. The first-order chi connectivity index (χ1) is 6.62. The van der Waals surface area contributed by atoms with E-state index in [4.69, 9.17) is 0 Å². The normalized spacial score (nSPS) is 36.3. The van der Waals surface area contributed by atoms with Crippen LogP contribution < -0.4 is 5.32 Å². The molecule has 2 fully saturated rings. The van der Waals surface area contributed by atoms with Crippen molar-refractivity contribution in [2.24, 2.45) is 16.7 Å². The largest absolute Gasteiger partial charge is 0.313 e. The molecule has 0 radical (unpaired) electrons. The van der Waals surface area contributed by atoms with E-state index in [2.05, 4.69) is 25.7 Å². The molecule has 0 saturated heterocycles. The van der Waals surface area contributed by atoms with Crippen molar-refractivity contribution in [3.05, 3.63) is 12.7 Å². The molecule has 0 unspecified atom stereocenters. The minimum Gasteiger partial charge on any atom is -0.313 e. The third-order valence-corrected chi connectivity index (χ3v) is 5.08. The molecule has 2 heteroatoms. The van der Waals surface area contributed by atoms with Gasteiger partial charge in [-0.3, -0.25) is 0 Å². The highest BCUT2D eigenvalue weighted by atomic mass is 79.9. The lowest BCUT2D eigenvalue weighted by atomic mass is 9.69. The van der Waals surface area contributed by atoms with E-state index in [1.165, 1.54) is 32.2 Å². The van der Waals surface area contributed by atoms with E-state index in [-0.39, 0.29) is 17.0 Å². The third-order valence-electron chi connectivity index (χ3n) is 5.08. The first kappa shape index (κ1) is 13.2. The quantitative estimate of drug-likeness (QED) is 0.610. The van der Waals surface area contributed by atoms with Crippen LogP contribution in [-0.4, -0.2) is 13.1 Å². The van der Waals surface area contributed by atoms with Gasteiger partial charge in [0.1, 0.15) is 0 Å². The van der Waals surface area contributed by atoms with E-state index in [1.807, 2.05) is 6.08 Å². The van der Waals surface area contributed by atoms with Gasteiger partial charge in [-0.15, -0.1) is 23.6 Å². The standard InChI is InChI=1S/C13H23N.BrH/c1-4-9-14-10-13-7-5-11(6-8-13)12(13,2)3;/h4,11,14H,1,5-10H2,2-3H3;1H. The van der Waals surface area contributed by atoms with Crippen LogP contribution in [0, 0.1) is 16.7 Å². The summed E-state index contributed by atoms with van der Waals surface area (Å²) >= 11 is 0. The van der Waals surface area contributed by atoms with Crippen LogP contribution in [0.1, 0.15) is 39.5 Å². The zero-order valence-corrected chi connectivity index (χ0v) is 11.7. The Labute approximate surface area is 104 Å². The Hall–Kier alpha value is 0.180. The first-order valence-electron chi connectivity index (χ1n) is 5.94. The lowest BCUT2D eigenvalue weighted by molar-refractivity contribution is 0.127. The highest BCUT2D eigenvalue weighted by molar-refractivity contribution is 8.93. The summed E-state index contributed by atoms with van der Waals surface area (Å²) in [6.07, 6.45) is 7.76. The van der Waals surface area contributed by atoms with Crippen LogP contribution in [0.25, 0.3) is 0 Å². The van der Waals surface area contributed by atoms with E-state index in [9.17, 15) is 0 Å². The summed E-state index contributed by atoms with van der Waals surface area (Å²) in [7, 11) is 0. The van der Waals surface area contributed by atoms with E-state index in [0.29, 0.717) is 10.8 Å². The zero-order chi connectivity index (χ0) is 10.2. The molecule has 0 aromatic rings. The number of hydrogen-bond donors (Lipinski definition) is 1. The SMILES string of the molecule is Br.C=CCNCC12CCC(CC1)C2(C)C. The van der Waals surface area contributed by atoms with Crippen molar-refractivity contribution in [3.63, 3.8) is 0 Å². The fraction of sp³-hybridized carbons (Fsp3) is 0.846. The highest BCUT2D eigenvalue weighted by Crippen LogP contribution is 2.65. The van der Waals surface area contributed by atoms with Crippen molar-refractivity contribution in [1.29, 1.82) is 0 Å². The molecular formula is C13H24BrN. The van der Waals surface area contributed by atoms with Crippen molar-refractivity contribution < 1.29 is 0 Å². The number of rotatable bonds is 4.